The van der Waals surface area contributed by atoms with Crippen LogP contribution in [-0.2, 0) is 9.47 Å². The van der Waals surface area contributed by atoms with E-state index in [2.05, 4.69) is 11.8 Å². The highest BCUT2D eigenvalue weighted by molar-refractivity contribution is 4.79. The largest absolute Gasteiger partial charge is 0.383 e. The number of hydrogen-bond acceptors (Lipinski definition) is 3. The number of methoxy groups -OCH3 is 2. The summed E-state index contributed by atoms with van der Waals surface area (Å²) < 4.78 is 10.4. The van der Waals surface area contributed by atoms with Crippen LogP contribution >= 0.6 is 0 Å². The summed E-state index contributed by atoms with van der Waals surface area (Å²) >= 11 is 0. The van der Waals surface area contributed by atoms with Crippen LogP contribution in [0.5, 0.6) is 0 Å². The predicted octanol–water partition coefficient (Wildman–Crippen LogP) is 1.09. The molecule has 3 nitrogen and oxygen atoms in total. The lowest BCUT2D eigenvalue weighted by molar-refractivity contribution is -0.0402. The summed E-state index contributed by atoms with van der Waals surface area (Å²) in [5, 5.41) is 0. The van der Waals surface area contributed by atoms with E-state index in [1.54, 1.807) is 14.2 Å². The van der Waals surface area contributed by atoms with E-state index in [0.29, 0.717) is 6.04 Å². The van der Waals surface area contributed by atoms with Gasteiger partial charge in [-0.15, -0.1) is 0 Å². The molecule has 1 heterocycles. The fourth-order valence-electron chi connectivity index (χ4n) is 1.84. The molecular weight excluding hydrogens is 154 g/mol. The van der Waals surface area contributed by atoms with Crippen LogP contribution in [0.15, 0.2) is 0 Å². The van der Waals surface area contributed by atoms with Gasteiger partial charge in [-0.1, -0.05) is 0 Å². The molecule has 0 aromatic rings. The quantitative estimate of drug-likeness (QED) is 0.635. The van der Waals surface area contributed by atoms with E-state index in [1.165, 1.54) is 12.8 Å². The lowest BCUT2D eigenvalue weighted by atomic mass is 10.2. The highest BCUT2D eigenvalue weighted by atomic mass is 16.5. The Labute approximate surface area is 74.6 Å². The third kappa shape index (κ3) is 2.19. The van der Waals surface area contributed by atoms with Gasteiger partial charge in [-0.05, 0) is 19.8 Å². The molecule has 0 aliphatic carbocycles. The van der Waals surface area contributed by atoms with Crippen LogP contribution in [-0.4, -0.2) is 44.5 Å². The molecule has 3 heteroatoms. The zero-order chi connectivity index (χ0) is 8.97. The molecule has 0 N–H and O–H groups in total. The zero-order valence-electron chi connectivity index (χ0n) is 8.25. The van der Waals surface area contributed by atoms with Crippen molar-refractivity contribution in [3.05, 3.63) is 0 Å². The summed E-state index contributed by atoms with van der Waals surface area (Å²) in [4.78, 5) is 2.36. The monoisotopic (exact) mass is 173 g/mol. The Kier molecular flexibility index (Phi) is 3.98. The Morgan fingerprint density at radius 3 is 2.83 bits per heavy atom. The lowest BCUT2D eigenvalue weighted by Gasteiger charge is -2.28. The molecule has 1 fully saturated rings. The van der Waals surface area contributed by atoms with Gasteiger partial charge in [-0.25, -0.2) is 0 Å². The average molecular weight is 173 g/mol. The first-order valence-electron chi connectivity index (χ1n) is 4.57. The summed E-state index contributed by atoms with van der Waals surface area (Å²) in [5.74, 6) is 0. The smallest absolute Gasteiger partial charge is 0.107 e. The van der Waals surface area contributed by atoms with Crippen molar-refractivity contribution in [1.82, 2.24) is 4.90 Å². The summed E-state index contributed by atoms with van der Waals surface area (Å²) in [6, 6.07) is 0.560. The second kappa shape index (κ2) is 4.80. The van der Waals surface area contributed by atoms with Crippen molar-refractivity contribution in [3.8, 4) is 0 Å². The van der Waals surface area contributed by atoms with E-state index in [0.717, 1.165) is 13.2 Å². The molecule has 12 heavy (non-hydrogen) atoms. The Bertz CT molecular complexity index is 130. The molecule has 0 radical (unpaired) electrons. The molecule has 0 saturated carbocycles. The van der Waals surface area contributed by atoms with Crippen molar-refractivity contribution in [2.24, 2.45) is 0 Å². The van der Waals surface area contributed by atoms with Gasteiger partial charge in [0, 0.05) is 26.8 Å². The molecule has 0 aromatic heterocycles. The number of likely N-dealkylation sites (tertiary alicyclic amines) is 1. The molecular formula is C9H19NO2. The van der Waals surface area contributed by atoms with Crippen LogP contribution in [0.2, 0.25) is 0 Å². The maximum Gasteiger partial charge on any atom is 0.107 e. The maximum absolute atomic E-state index is 5.28. The van der Waals surface area contributed by atoms with E-state index < -0.39 is 0 Å². The third-order valence-electron chi connectivity index (χ3n) is 2.59. The number of hydrogen-bond donors (Lipinski definition) is 0. The molecule has 72 valence electrons. The van der Waals surface area contributed by atoms with Crippen LogP contribution in [0.1, 0.15) is 19.8 Å². The summed E-state index contributed by atoms with van der Waals surface area (Å²) in [6.45, 7) is 4.06. The van der Waals surface area contributed by atoms with E-state index >= 15 is 0 Å². The van der Waals surface area contributed by atoms with Crippen molar-refractivity contribution in [2.75, 3.05) is 27.4 Å². The van der Waals surface area contributed by atoms with Crippen molar-refractivity contribution in [1.29, 1.82) is 0 Å². The molecule has 0 aromatic carbocycles. The van der Waals surface area contributed by atoms with E-state index in [4.69, 9.17) is 9.47 Å². The molecule has 0 amide bonds. The second-order valence-electron chi connectivity index (χ2n) is 3.32. The molecule has 2 atom stereocenters. The highest BCUT2D eigenvalue weighted by Gasteiger charge is 2.27. The molecule has 1 rings (SSSR count). The van der Waals surface area contributed by atoms with Gasteiger partial charge in [0.1, 0.15) is 6.23 Å². The fraction of sp³-hybridized carbons (Fsp3) is 1.00. The minimum absolute atomic E-state index is 0.229. The normalized spacial score (nSPS) is 27.8. The van der Waals surface area contributed by atoms with Gasteiger partial charge < -0.3 is 9.47 Å². The van der Waals surface area contributed by atoms with Crippen molar-refractivity contribution in [3.63, 3.8) is 0 Å². The highest BCUT2D eigenvalue weighted by Crippen LogP contribution is 2.20. The minimum atomic E-state index is 0.229. The van der Waals surface area contributed by atoms with Gasteiger partial charge in [-0.3, -0.25) is 4.90 Å². The van der Waals surface area contributed by atoms with Gasteiger partial charge in [0.2, 0.25) is 0 Å². The fourth-order valence-corrected chi connectivity index (χ4v) is 1.84. The maximum atomic E-state index is 5.28. The Morgan fingerprint density at radius 2 is 2.25 bits per heavy atom. The van der Waals surface area contributed by atoms with Gasteiger partial charge in [0.25, 0.3) is 0 Å². The van der Waals surface area contributed by atoms with Crippen LogP contribution in [0.25, 0.3) is 0 Å². The van der Waals surface area contributed by atoms with Crippen molar-refractivity contribution < 1.29 is 9.47 Å². The number of ether oxygens (including phenoxy) is 2. The first-order valence-corrected chi connectivity index (χ1v) is 4.57. The van der Waals surface area contributed by atoms with Gasteiger partial charge in [0.05, 0.1) is 6.61 Å². The zero-order valence-corrected chi connectivity index (χ0v) is 8.25. The standard InChI is InChI=1S/C9H19NO2/c1-8(12-3)10-6-4-5-9(10)7-11-2/h8-9H,4-7H2,1-3H3. The minimum Gasteiger partial charge on any atom is -0.383 e. The van der Waals surface area contributed by atoms with Crippen LogP contribution < -0.4 is 0 Å². The third-order valence-corrected chi connectivity index (χ3v) is 2.59. The molecule has 1 aliphatic rings. The second-order valence-corrected chi connectivity index (χ2v) is 3.32. The van der Waals surface area contributed by atoms with Crippen LogP contribution in [0.3, 0.4) is 0 Å². The summed E-state index contributed by atoms with van der Waals surface area (Å²) in [7, 11) is 3.51. The Hall–Kier alpha value is -0.120. The predicted molar refractivity (Wildman–Crippen MR) is 48.1 cm³/mol. The van der Waals surface area contributed by atoms with Crippen molar-refractivity contribution >= 4 is 0 Å². The molecule has 1 saturated heterocycles. The average Bonchev–Trinajstić information content (AvgIpc) is 2.52. The topological polar surface area (TPSA) is 21.7 Å². The first kappa shape index (κ1) is 9.96. The van der Waals surface area contributed by atoms with Crippen LogP contribution in [0.4, 0.5) is 0 Å². The van der Waals surface area contributed by atoms with Crippen molar-refractivity contribution in [2.45, 2.75) is 32.0 Å². The van der Waals surface area contributed by atoms with Gasteiger partial charge >= 0.3 is 0 Å². The molecule has 0 bridgehead atoms. The lowest BCUT2D eigenvalue weighted by Crippen LogP contribution is -2.40. The number of rotatable bonds is 4. The number of nitrogens with zero attached hydrogens (tertiary/aromatic N) is 1. The van der Waals surface area contributed by atoms with E-state index in [1.807, 2.05) is 0 Å². The summed E-state index contributed by atoms with van der Waals surface area (Å²) in [6.07, 6.45) is 2.73. The van der Waals surface area contributed by atoms with E-state index in [-0.39, 0.29) is 6.23 Å². The van der Waals surface area contributed by atoms with Gasteiger partial charge in [0.15, 0.2) is 0 Å². The SMILES string of the molecule is COCC1CCCN1C(C)OC. The Balaban J connectivity index is 2.40. The Morgan fingerprint density at radius 1 is 1.50 bits per heavy atom. The van der Waals surface area contributed by atoms with E-state index in [9.17, 15) is 0 Å². The molecule has 0 spiro atoms. The first-order chi connectivity index (χ1) is 5.79. The molecule has 2 unspecified atom stereocenters. The van der Waals surface area contributed by atoms with Crippen LogP contribution in [0, 0.1) is 0 Å². The van der Waals surface area contributed by atoms with Gasteiger partial charge in [-0.2, -0.15) is 0 Å². The molecule has 1 aliphatic heterocycles. The summed E-state index contributed by atoms with van der Waals surface area (Å²) in [5.41, 5.74) is 0.